The summed E-state index contributed by atoms with van der Waals surface area (Å²) in [4.78, 5) is 13.8. The van der Waals surface area contributed by atoms with E-state index in [2.05, 4.69) is 34.7 Å². The van der Waals surface area contributed by atoms with Crippen molar-refractivity contribution in [2.24, 2.45) is 0 Å². The lowest BCUT2D eigenvalue weighted by molar-refractivity contribution is -0.114. The summed E-state index contributed by atoms with van der Waals surface area (Å²) in [5, 5.41) is 6.35. The van der Waals surface area contributed by atoms with Gasteiger partial charge in [-0.25, -0.2) is 0 Å². The largest absolute Gasteiger partial charge is 0.365 e. The molecule has 2 bridgehead atoms. The molecule has 0 spiro atoms. The standard InChI is InChI=1S/C17H25N3O/c1-12(21)19-13-5-3-6-15(9-13)20-16-7-4-8-17(20)11-14(10-16)18-2/h3,5-6,9,14,16-18H,4,7-8,10-11H2,1-2H3,(H,19,21). The van der Waals surface area contributed by atoms with E-state index in [1.807, 2.05) is 12.1 Å². The number of rotatable bonds is 3. The van der Waals surface area contributed by atoms with E-state index in [1.165, 1.54) is 37.8 Å². The highest BCUT2D eigenvalue weighted by atomic mass is 16.1. The molecule has 0 radical (unpaired) electrons. The predicted octanol–water partition coefficient (Wildman–Crippen LogP) is 2.75. The molecule has 2 saturated heterocycles. The first-order valence-electron chi connectivity index (χ1n) is 8.00. The molecular weight excluding hydrogens is 262 g/mol. The van der Waals surface area contributed by atoms with Crippen molar-refractivity contribution in [2.75, 3.05) is 17.3 Å². The lowest BCUT2D eigenvalue weighted by atomic mass is 9.81. The molecule has 21 heavy (non-hydrogen) atoms. The summed E-state index contributed by atoms with van der Waals surface area (Å²) in [6, 6.07) is 10.2. The van der Waals surface area contributed by atoms with Gasteiger partial charge in [-0.05, 0) is 57.4 Å². The van der Waals surface area contributed by atoms with Gasteiger partial charge in [-0.2, -0.15) is 0 Å². The fourth-order valence-electron chi connectivity index (χ4n) is 3.99. The number of anilines is 2. The van der Waals surface area contributed by atoms with Crippen LogP contribution in [0.25, 0.3) is 0 Å². The van der Waals surface area contributed by atoms with Gasteiger partial charge in [0.05, 0.1) is 0 Å². The van der Waals surface area contributed by atoms with Crippen LogP contribution in [0.1, 0.15) is 39.0 Å². The van der Waals surface area contributed by atoms with Gasteiger partial charge in [0.15, 0.2) is 0 Å². The van der Waals surface area contributed by atoms with Crippen molar-refractivity contribution < 1.29 is 4.79 Å². The van der Waals surface area contributed by atoms with E-state index in [4.69, 9.17) is 0 Å². The van der Waals surface area contributed by atoms with E-state index in [0.717, 1.165) is 5.69 Å². The molecule has 2 atom stereocenters. The van der Waals surface area contributed by atoms with Crippen LogP contribution in [0.15, 0.2) is 24.3 Å². The van der Waals surface area contributed by atoms with Gasteiger partial charge in [0, 0.05) is 36.4 Å². The summed E-state index contributed by atoms with van der Waals surface area (Å²) in [5.41, 5.74) is 2.15. The van der Waals surface area contributed by atoms with Crippen molar-refractivity contribution in [3.05, 3.63) is 24.3 Å². The molecule has 1 amide bonds. The number of piperidine rings is 2. The van der Waals surface area contributed by atoms with Gasteiger partial charge in [-0.15, -0.1) is 0 Å². The Morgan fingerprint density at radius 3 is 2.57 bits per heavy atom. The number of fused-ring (bicyclic) bond motifs is 2. The number of carbonyl (C=O) groups is 1. The summed E-state index contributed by atoms with van der Waals surface area (Å²) in [5.74, 6) is -0.0127. The van der Waals surface area contributed by atoms with Crippen LogP contribution in [0, 0.1) is 0 Å². The SMILES string of the molecule is CNC1CC2CCCC(C1)N2c1cccc(NC(C)=O)c1. The number of nitrogens with zero attached hydrogens (tertiary/aromatic N) is 1. The van der Waals surface area contributed by atoms with Crippen LogP contribution in [0.3, 0.4) is 0 Å². The third-order valence-electron chi connectivity index (χ3n) is 4.85. The number of hydrogen-bond acceptors (Lipinski definition) is 3. The summed E-state index contributed by atoms with van der Waals surface area (Å²) < 4.78 is 0. The van der Waals surface area contributed by atoms with E-state index in [1.54, 1.807) is 6.92 Å². The number of nitrogens with one attached hydrogen (secondary N) is 2. The number of amides is 1. The van der Waals surface area contributed by atoms with Gasteiger partial charge >= 0.3 is 0 Å². The fourth-order valence-corrected chi connectivity index (χ4v) is 3.99. The first-order chi connectivity index (χ1) is 10.2. The van der Waals surface area contributed by atoms with Crippen molar-refractivity contribution >= 4 is 17.3 Å². The van der Waals surface area contributed by atoms with Crippen molar-refractivity contribution in [3.8, 4) is 0 Å². The molecule has 2 aliphatic heterocycles. The first kappa shape index (κ1) is 14.4. The Hall–Kier alpha value is -1.55. The molecule has 0 aromatic heterocycles. The Labute approximate surface area is 126 Å². The molecule has 0 saturated carbocycles. The highest BCUT2D eigenvalue weighted by molar-refractivity contribution is 5.89. The Morgan fingerprint density at radius 2 is 1.95 bits per heavy atom. The molecule has 114 valence electrons. The number of hydrogen-bond donors (Lipinski definition) is 2. The van der Waals surface area contributed by atoms with Crippen LogP contribution >= 0.6 is 0 Å². The first-order valence-corrected chi connectivity index (χ1v) is 8.00. The third-order valence-corrected chi connectivity index (χ3v) is 4.85. The summed E-state index contributed by atoms with van der Waals surface area (Å²) in [6.45, 7) is 1.56. The Kier molecular flexibility index (Phi) is 4.15. The van der Waals surface area contributed by atoms with Gasteiger partial charge in [0.2, 0.25) is 5.91 Å². The smallest absolute Gasteiger partial charge is 0.221 e. The second kappa shape index (κ2) is 6.06. The maximum Gasteiger partial charge on any atom is 0.221 e. The van der Waals surface area contributed by atoms with E-state index < -0.39 is 0 Å². The topological polar surface area (TPSA) is 44.4 Å². The van der Waals surface area contributed by atoms with Crippen molar-refractivity contribution in [3.63, 3.8) is 0 Å². The number of benzene rings is 1. The molecule has 1 aromatic carbocycles. The lowest BCUT2D eigenvalue weighted by Gasteiger charge is -2.50. The van der Waals surface area contributed by atoms with Gasteiger partial charge in [0.25, 0.3) is 0 Å². The molecule has 2 fully saturated rings. The summed E-state index contributed by atoms with van der Waals surface area (Å²) >= 11 is 0. The monoisotopic (exact) mass is 287 g/mol. The Morgan fingerprint density at radius 1 is 1.24 bits per heavy atom. The van der Waals surface area contributed by atoms with Gasteiger partial charge in [-0.1, -0.05) is 6.07 Å². The molecule has 0 aliphatic carbocycles. The minimum absolute atomic E-state index is 0.0127. The lowest BCUT2D eigenvalue weighted by Crippen LogP contribution is -2.56. The zero-order valence-corrected chi connectivity index (χ0v) is 12.9. The highest BCUT2D eigenvalue weighted by Gasteiger charge is 2.37. The van der Waals surface area contributed by atoms with Crippen LogP contribution in [0.4, 0.5) is 11.4 Å². The van der Waals surface area contributed by atoms with Crippen molar-refractivity contribution in [1.29, 1.82) is 0 Å². The van der Waals surface area contributed by atoms with Gasteiger partial charge in [-0.3, -0.25) is 4.79 Å². The molecule has 2 N–H and O–H groups in total. The average Bonchev–Trinajstić information content (AvgIpc) is 2.45. The van der Waals surface area contributed by atoms with Crippen LogP contribution < -0.4 is 15.5 Å². The Balaban J connectivity index is 1.84. The van der Waals surface area contributed by atoms with Crippen LogP contribution in [0.5, 0.6) is 0 Å². The maximum atomic E-state index is 11.2. The minimum atomic E-state index is -0.0127. The quantitative estimate of drug-likeness (QED) is 0.898. The molecule has 2 heterocycles. The molecule has 4 nitrogen and oxygen atoms in total. The third kappa shape index (κ3) is 3.05. The van der Waals surface area contributed by atoms with Gasteiger partial charge in [0.1, 0.15) is 0 Å². The van der Waals surface area contributed by atoms with E-state index in [0.29, 0.717) is 18.1 Å². The van der Waals surface area contributed by atoms with Crippen LogP contribution in [0.2, 0.25) is 0 Å². The molecule has 1 aromatic rings. The van der Waals surface area contributed by atoms with Crippen molar-refractivity contribution in [1.82, 2.24) is 5.32 Å². The molecule has 4 heteroatoms. The van der Waals surface area contributed by atoms with Gasteiger partial charge < -0.3 is 15.5 Å². The number of carbonyl (C=O) groups excluding carboxylic acids is 1. The van der Waals surface area contributed by atoms with Crippen molar-refractivity contribution in [2.45, 2.75) is 57.2 Å². The Bertz CT molecular complexity index is 503. The normalized spacial score (nSPS) is 28.3. The molecule has 2 aliphatic rings. The van der Waals surface area contributed by atoms with E-state index >= 15 is 0 Å². The second-order valence-corrected chi connectivity index (χ2v) is 6.33. The highest BCUT2D eigenvalue weighted by Crippen LogP contribution is 2.38. The van der Waals surface area contributed by atoms with Crippen LogP contribution in [-0.4, -0.2) is 31.1 Å². The zero-order valence-electron chi connectivity index (χ0n) is 12.9. The minimum Gasteiger partial charge on any atom is -0.365 e. The summed E-state index contributed by atoms with van der Waals surface area (Å²) in [7, 11) is 2.08. The molecule has 2 unspecified atom stereocenters. The van der Waals surface area contributed by atoms with E-state index in [-0.39, 0.29) is 5.91 Å². The molecule has 3 rings (SSSR count). The summed E-state index contributed by atoms with van der Waals surface area (Å²) in [6.07, 6.45) is 6.33. The second-order valence-electron chi connectivity index (χ2n) is 6.33. The fraction of sp³-hybridized carbons (Fsp3) is 0.588. The maximum absolute atomic E-state index is 11.2. The average molecular weight is 287 g/mol. The zero-order chi connectivity index (χ0) is 14.8. The molecular formula is C17H25N3O. The van der Waals surface area contributed by atoms with Crippen LogP contribution in [-0.2, 0) is 4.79 Å². The van der Waals surface area contributed by atoms with E-state index in [9.17, 15) is 4.79 Å². The predicted molar refractivity (Wildman–Crippen MR) is 86.7 cm³/mol.